The normalized spacial score (nSPS) is 12.6. The maximum atomic E-state index is 12.4. The lowest BCUT2D eigenvalue weighted by Gasteiger charge is -2.13. The van der Waals surface area contributed by atoms with Crippen LogP contribution < -0.4 is 15.7 Å². The molecule has 0 saturated heterocycles. The Hall–Kier alpha value is -4.99. The van der Waals surface area contributed by atoms with Crippen LogP contribution in [0.3, 0.4) is 0 Å². The molecule has 0 saturated carbocycles. The van der Waals surface area contributed by atoms with Crippen molar-refractivity contribution in [2.75, 3.05) is 6.54 Å². The number of hydrogen-bond donors (Lipinski definition) is 1. The third-order valence-corrected chi connectivity index (χ3v) is 5.60. The lowest BCUT2D eigenvalue weighted by Crippen LogP contribution is -2.32. The van der Waals surface area contributed by atoms with Crippen LogP contribution in [0.5, 0.6) is 5.75 Å². The maximum absolute atomic E-state index is 12.4. The molecule has 0 fully saturated rings. The molecule has 1 N–H and O–H groups in total. The van der Waals surface area contributed by atoms with Gasteiger partial charge in [-0.2, -0.15) is 0 Å². The Bertz CT molecular complexity index is 1530. The Balaban J connectivity index is 1.23. The Kier molecular flexibility index (Phi) is 5.91. The van der Waals surface area contributed by atoms with Crippen LogP contribution in [-0.2, 0) is 11.3 Å². The Morgan fingerprint density at radius 1 is 0.917 bits per heavy atom. The van der Waals surface area contributed by atoms with Crippen molar-refractivity contribution in [3.05, 3.63) is 99.8 Å². The highest BCUT2D eigenvalue weighted by Crippen LogP contribution is 2.24. The summed E-state index contributed by atoms with van der Waals surface area (Å²) in [6.07, 6.45) is 1.25. The van der Waals surface area contributed by atoms with Crippen LogP contribution in [0.4, 0.5) is 0 Å². The second kappa shape index (κ2) is 9.34. The summed E-state index contributed by atoms with van der Waals surface area (Å²) < 4.78 is 15.7. The first-order valence-electron chi connectivity index (χ1n) is 10.9. The second-order valence-corrected chi connectivity index (χ2v) is 7.94. The highest BCUT2D eigenvalue weighted by molar-refractivity contribution is 6.21. The highest BCUT2D eigenvalue weighted by Gasteiger charge is 2.35. The third kappa shape index (κ3) is 4.39. The number of ether oxygens (including phenoxy) is 1. The Labute approximate surface area is 203 Å². The number of amides is 3. The van der Waals surface area contributed by atoms with E-state index in [-0.39, 0.29) is 36.4 Å². The molecule has 2 aromatic carbocycles. The zero-order chi connectivity index (χ0) is 25.2. The Morgan fingerprint density at radius 2 is 1.67 bits per heavy atom. The van der Waals surface area contributed by atoms with Gasteiger partial charge < -0.3 is 18.9 Å². The van der Waals surface area contributed by atoms with E-state index in [4.69, 9.17) is 13.6 Å². The van der Waals surface area contributed by atoms with Gasteiger partial charge in [-0.3, -0.25) is 24.1 Å². The van der Waals surface area contributed by atoms with E-state index in [0.717, 1.165) is 4.90 Å². The molecule has 0 radical (unpaired) electrons. The lowest BCUT2D eigenvalue weighted by molar-refractivity contribution is -0.134. The minimum absolute atomic E-state index is 0.105. The number of nitrogens with zero attached hydrogens (tertiary/aromatic N) is 1. The van der Waals surface area contributed by atoms with Gasteiger partial charge in [-0.15, -0.1) is 0 Å². The monoisotopic (exact) mass is 486 g/mol. The summed E-state index contributed by atoms with van der Waals surface area (Å²) in [6, 6.07) is 15.6. The van der Waals surface area contributed by atoms with Crippen LogP contribution in [0.15, 0.2) is 80.6 Å². The minimum atomic E-state index is -0.853. The van der Waals surface area contributed by atoms with Crippen LogP contribution in [0.2, 0.25) is 0 Å². The van der Waals surface area contributed by atoms with Gasteiger partial charge in [0.2, 0.25) is 0 Å². The summed E-state index contributed by atoms with van der Waals surface area (Å²) >= 11 is 0. The van der Waals surface area contributed by atoms with E-state index in [9.17, 15) is 24.0 Å². The van der Waals surface area contributed by atoms with Gasteiger partial charge in [-0.05, 0) is 42.5 Å². The van der Waals surface area contributed by atoms with Crippen molar-refractivity contribution in [1.29, 1.82) is 0 Å². The van der Waals surface area contributed by atoms with E-state index < -0.39 is 29.3 Å². The molecule has 36 heavy (non-hydrogen) atoms. The summed E-state index contributed by atoms with van der Waals surface area (Å²) in [5.74, 6) is -1.58. The van der Waals surface area contributed by atoms with Crippen LogP contribution in [0.1, 0.15) is 43.3 Å². The summed E-state index contributed by atoms with van der Waals surface area (Å²) in [5, 5.41) is 3.03. The number of benzene rings is 2. The molecule has 5 rings (SSSR count). The van der Waals surface area contributed by atoms with E-state index in [1.165, 1.54) is 30.5 Å². The summed E-state index contributed by atoms with van der Waals surface area (Å²) in [6.45, 7) is -0.0246. The molecule has 0 unspecified atom stereocenters. The van der Waals surface area contributed by atoms with Gasteiger partial charge in [-0.1, -0.05) is 12.1 Å². The van der Waals surface area contributed by atoms with Gasteiger partial charge in [-0.25, -0.2) is 4.79 Å². The van der Waals surface area contributed by atoms with E-state index in [0.29, 0.717) is 22.3 Å². The predicted molar refractivity (Wildman–Crippen MR) is 124 cm³/mol. The standard InChI is InChI=1S/C26H18N2O8/c29-22(9-10-28-24(31)18-5-1-2-6-19(18)25(28)32)35-16-8-7-15-12-20(26(33)36-21(15)13-16)23(30)27-14-17-4-3-11-34-17/h1-8,11-13H,9-10,14H2,(H,27,30). The largest absolute Gasteiger partial charge is 0.467 e. The maximum Gasteiger partial charge on any atom is 0.349 e. The number of carbonyl (C=O) groups is 4. The topological polar surface area (TPSA) is 136 Å². The molecule has 180 valence electrons. The average molecular weight is 486 g/mol. The van der Waals surface area contributed by atoms with Gasteiger partial charge in [0.05, 0.1) is 30.4 Å². The highest BCUT2D eigenvalue weighted by atomic mass is 16.5. The van der Waals surface area contributed by atoms with E-state index in [1.807, 2.05) is 0 Å². The first kappa shape index (κ1) is 22.8. The van der Waals surface area contributed by atoms with E-state index >= 15 is 0 Å². The first-order valence-corrected chi connectivity index (χ1v) is 10.9. The Morgan fingerprint density at radius 3 is 2.36 bits per heavy atom. The van der Waals surface area contributed by atoms with Gasteiger partial charge in [0.15, 0.2) is 0 Å². The van der Waals surface area contributed by atoms with Crippen LogP contribution in [-0.4, -0.2) is 35.1 Å². The summed E-state index contributed by atoms with van der Waals surface area (Å²) in [7, 11) is 0. The second-order valence-electron chi connectivity index (χ2n) is 7.94. The fourth-order valence-corrected chi connectivity index (χ4v) is 3.82. The van der Waals surface area contributed by atoms with Gasteiger partial charge in [0.1, 0.15) is 22.7 Å². The SMILES string of the molecule is O=C(CCN1C(=O)c2ccccc2C1=O)Oc1ccc2cc(C(=O)NCc3ccco3)c(=O)oc2c1. The molecule has 0 spiro atoms. The van der Waals surface area contributed by atoms with Crippen LogP contribution in [0.25, 0.3) is 11.0 Å². The van der Waals surface area contributed by atoms with Gasteiger partial charge in [0.25, 0.3) is 17.7 Å². The molecular weight excluding hydrogens is 468 g/mol. The molecule has 0 aliphatic carbocycles. The van der Waals surface area contributed by atoms with Crippen LogP contribution in [0, 0.1) is 0 Å². The third-order valence-electron chi connectivity index (χ3n) is 5.60. The van der Waals surface area contributed by atoms with Crippen LogP contribution >= 0.6 is 0 Å². The van der Waals surface area contributed by atoms with E-state index in [1.54, 1.807) is 36.4 Å². The molecule has 1 aliphatic rings. The van der Waals surface area contributed by atoms with Crippen molar-refractivity contribution >= 4 is 34.7 Å². The number of hydrogen-bond acceptors (Lipinski definition) is 8. The number of fused-ring (bicyclic) bond motifs is 2. The van der Waals surface area contributed by atoms with Crippen molar-refractivity contribution in [3.63, 3.8) is 0 Å². The molecule has 10 nitrogen and oxygen atoms in total. The molecule has 1 aliphatic heterocycles. The zero-order valence-corrected chi connectivity index (χ0v) is 18.7. The number of furan rings is 1. The van der Waals surface area contributed by atoms with Gasteiger partial charge >= 0.3 is 11.6 Å². The number of imide groups is 1. The quantitative estimate of drug-likeness (QED) is 0.182. The van der Waals surface area contributed by atoms with Crippen molar-refractivity contribution in [2.24, 2.45) is 0 Å². The molecule has 0 bridgehead atoms. The van der Waals surface area contributed by atoms with Crippen molar-refractivity contribution in [1.82, 2.24) is 10.2 Å². The molecule has 0 atom stereocenters. The first-order chi connectivity index (χ1) is 17.4. The number of carbonyl (C=O) groups excluding carboxylic acids is 4. The number of esters is 1. The van der Waals surface area contributed by atoms with Crippen molar-refractivity contribution in [2.45, 2.75) is 13.0 Å². The molecule has 4 aromatic rings. The number of rotatable bonds is 7. The van der Waals surface area contributed by atoms with Crippen molar-refractivity contribution < 1.29 is 32.7 Å². The number of nitrogens with one attached hydrogen (secondary N) is 1. The fourth-order valence-electron chi connectivity index (χ4n) is 3.82. The molecular formula is C26H18N2O8. The fraction of sp³-hybridized carbons (Fsp3) is 0.115. The average Bonchev–Trinajstić information content (AvgIpc) is 3.48. The van der Waals surface area contributed by atoms with Gasteiger partial charge in [0, 0.05) is 18.0 Å². The molecule has 3 heterocycles. The van der Waals surface area contributed by atoms with E-state index in [2.05, 4.69) is 5.32 Å². The summed E-state index contributed by atoms with van der Waals surface area (Å²) in [5.41, 5.74) is -0.314. The predicted octanol–water partition coefficient (Wildman–Crippen LogP) is 2.91. The minimum Gasteiger partial charge on any atom is -0.467 e. The summed E-state index contributed by atoms with van der Waals surface area (Å²) in [4.78, 5) is 62.9. The van der Waals surface area contributed by atoms with Crippen molar-refractivity contribution in [3.8, 4) is 5.75 Å². The molecule has 10 heteroatoms. The lowest BCUT2D eigenvalue weighted by atomic mass is 10.1. The molecule has 2 aromatic heterocycles. The smallest absolute Gasteiger partial charge is 0.349 e. The zero-order valence-electron chi connectivity index (χ0n) is 18.7. The molecule has 3 amide bonds.